The molecule has 3 heteroatoms. The first-order valence-corrected chi connectivity index (χ1v) is 9.10. The number of benzene rings is 2. The van der Waals surface area contributed by atoms with Crippen LogP contribution in [0.2, 0.25) is 0 Å². The Morgan fingerprint density at radius 2 is 1.42 bits per heavy atom. The zero-order valence-electron chi connectivity index (χ0n) is 15.3. The van der Waals surface area contributed by atoms with Crippen molar-refractivity contribution in [3.8, 4) is 0 Å². The van der Waals surface area contributed by atoms with Gasteiger partial charge < -0.3 is 0 Å². The third kappa shape index (κ3) is 4.83. The first-order chi connectivity index (χ1) is 10.6. The topological polar surface area (TPSA) is 17.1 Å². The SMILES string of the molecule is Cc1ccc(PC(=O)c2c(C)cc(C(C)(C)C)cc2C)c(C)c1.[LiH]. The van der Waals surface area contributed by atoms with E-state index in [2.05, 4.69) is 78.8 Å². The molecule has 0 N–H and O–H groups in total. The van der Waals surface area contributed by atoms with Crippen molar-refractivity contribution in [2.45, 2.75) is 53.9 Å². The van der Waals surface area contributed by atoms with Gasteiger partial charge in [0.15, 0.2) is 5.52 Å². The fourth-order valence-corrected chi connectivity index (χ4v) is 4.09. The van der Waals surface area contributed by atoms with E-state index in [9.17, 15) is 4.79 Å². The summed E-state index contributed by atoms with van der Waals surface area (Å²) in [5.41, 5.74) is 7.17. The first kappa shape index (κ1) is 21.2. The molecule has 0 bridgehead atoms. The molecule has 0 aliphatic rings. The minimum absolute atomic E-state index is 0. The standard InChI is InChI=1S/C21H27OP.Li.H/c1-13-8-9-18(14(2)10-13)23-20(22)19-15(3)11-17(12-16(19)4)21(5,6)7;;/h8-12,23H,1-7H3;;. The fourth-order valence-electron chi connectivity index (χ4n) is 2.89. The molecule has 0 aliphatic carbocycles. The van der Waals surface area contributed by atoms with Gasteiger partial charge in [-0.25, -0.2) is 0 Å². The molecule has 0 saturated heterocycles. The van der Waals surface area contributed by atoms with E-state index in [-0.39, 0.29) is 38.4 Å². The van der Waals surface area contributed by atoms with Crippen LogP contribution < -0.4 is 5.30 Å². The first-order valence-electron chi connectivity index (χ1n) is 8.10. The molecule has 0 saturated carbocycles. The van der Waals surface area contributed by atoms with Crippen LogP contribution in [0.4, 0.5) is 0 Å². The number of carbonyl (C=O) groups excluding carboxylic acids is 1. The van der Waals surface area contributed by atoms with Crippen LogP contribution in [0.1, 0.15) is 58.9 Å². The molecule has 1 atom stereocenters. The maximum absolute atomic E-state index is 12.9. The van der Waals surface area contributed by atoms with Gasteiger partial charge in [-0.15, -0.1) is 0 Å². The predicted octanol–water partition coefficient (Wildman–Crippen LogP) is 4.71. The molecule has 0 aliphatic heterocycles. The Morgan fingerprint density at radius 3 is 1.88 bits per heavy atom. The van der Waals surface area contributed by atoms with E-state index in [4.69, 9.17) is 0 Å². The summed E-state index contributed by atoms with van der Waals surface area (Å²) in [6, 6.07) is 10.7. The molecule has 2 aromatic rings. The van der Waals surface area contributed by atoms with Crippen molar-refractivity contribution < 1.29 is 4.79 Å². The number of aryl methyl sites for hydroxylation is 4. The molecular formula is C21H28LiOP. The van der Waals surface area contributed by atoms with Crippen LogP contribution in [0.3, 0.4) is 0 Å². The van der Waals surface area contributed by atoms with Crippen molar-refractivity contribution in [2.75, 3.05) is 0 Å². The third-order valence-corrected chi connectivity index (χ3v) is 5.56. The van der Waals surface area contributed by atoms with Crippen LogP contribution >= 0.6 is 8.58 Å². The summed E-state index contributed by atoms with van der Waals surface area (Å²) < 4.78 is 0. The summed E-state index contributed by atoms with van der Waals surface area (Å²) in [6.07, 6.45) is 0. The van der Waals surface area contributed by atoms with Crippen LogP contribution in [-0.4, -0.2) is 24.4 Å². The van der Waals surface area contributed by atoms with Crippen LogP contribution in [0.5, 0.6) is 0 Å². The summed E-state index contributed by atoms with van der Waals surface area (Å²) in [6.45, 7) is 14.9. The molecular weight excluding hydrogens is 306 g/mol. The van der Waals surface area contributed by atoms with Gasteiger partial charge in [0.05, 0.1) is 0 Å². The van der Waals surface area contributed by atoms with E-state index in [1.54, 1.807) is 0 Å². The van der Waals surface area contributed by atoms with E-state index in [1.807, 2.05) is 0 Å². The van der Waals surface area contributed by atoms with Gasteiger partial charge in [0, 0.05) is 5.56 Å². The second-order valence-corrected chi connectivity index (χ2v) is 8.75. The molecule has 0 aromatic heterocycles. The van der Waals surface area contributed by atoms with Crippen molar-refractivity contribution >= 4 is 38.3 Å². The van der Waals surface area contributed by atoms with Crippen LogP contribution in [0.25, 0.3) is 0 Å². The Bertz CT molecular complexity index is 734. The number of hydrogen-bond acceptors (Lipinski definition) is 1. The maximum atomic E-state index is 12.9. The molecule has 1 unspecified atom stereocenters. The van der Waals surface area contributed by atoms with Crippen molar-refractivity contribution in [2.24, 2.45) is 0 Å². The van der Waals surface area contributed by atoms with Gasteiger partial charge >= 0.3 is 18.9 Å². The van der Waals surface area contributed by atoms with Gasteiger partial charge in [0.25, 0.3) is 0 Å². The van der Waals surface area contributed by atoms with Crippen LogP contribution in [0, 0.1) is 27.7 Å². The van der Waals surface area contributed by atoms with E-state index < -0.39 is 0 Å². The Labute approximate surface area is 160 Å². The Morgan fingerprint density at radius 1 is 0.875 bits per heavy atom. The van der Waals surface area contributed by atoms with Crippen molar-refractivity contribution in [3.63, 3.8) is 0 Å². The van der Waals surface area contributed by atoms with Gasteiger partial charge in [-0.3, -0.25) is 4.79 Å². The molecule has 2 aromatic carbocycles. The normalized spacial score (nSPS) is 11.6. The zero-order chi connectivity index (χ0) is 17.4. The van der Waals surface area contributed by atoms with Crippen molar-refractivity contribution in [1.29, 1.82) is 0 Å². The van der Waals surface area contributed by atoms with Crippen LogP contribution in [0.15, 0.2) is 30.3 Å². The average Bonchev–Trinajstić information content (AvgIpc) is 2.40. The summed E-state index contributed by atoms with van der Waals surface area (Å²) in [7, 11) is 0.188. The van der Waals surface area contributed by atoms with E-state index >= 15 is 0 Å². The Balaban J connectivity index is 0.00000288. The zero-order valence-corrected chi connectivity index (χ0v) is 16.3. The molecule has 0 spiro atoms. The molecule has 0 amide bonds. The van der Waals surface area contributed by atoms with E-state index in [0.717, 1.165) is 22.0 Å². The van der Waals surface area contributed by atoms with Gasteiger partial charge in [-0.05, 0) is 69.2 Å². The third-order valence-electron chi connectivity index (χ3n) is 4.26. The van der Waals surface area contributed by atoms with E-state index in [1.165, 1.54) is 16.7 Å². The van der Waals surface area contributed by atoms with Gasteiger partial charge in [0.2, 0.25) is 0 Å². The minimum atomic E-state index is 0. The van der Waals surface area contributed by atoms with Gasteiger partial charge in [0.1, 0.15) is 0 Å². The average molecular weight is 334 g/mol. The fraction of sp³-hybridized carbons (Fsp3) is 0.381. The summed E-state index contributed by atoms with van der Waals surface area (Å²) in [4.78, 5) is 12.9. The van der Waals surface area contributed by atoms with Gasteiger partial charge in [-0.1, -0.05) is 56.7 Å². The Hall–Kier alpha value is -0.863. The molecule has 1 nitrogen and oxygen atoms in total. The number of rotatable bonds is 3. The molecule has 0 radical (unpaired) electrons. The molecule has 124 valence electrons. The quantitative estimate of drug-likeness (QED) is 0.587. The second-order valence-electron chi connectivity index (χ2n) is 7.51. The van der Waals surface area contributed by atoms with Gasteiger partial charge in [-0.2, -0.15) is 0 Å². The van der Waals surface area contributed by atoms with E-state index in [0.29, 0.717) is 0 Å². The number of carbonyl (C=O) groups is 1. The summed E-state index contributed by atoms with van der Waals surface area (Å²) >= 11 is 0. The second kappa shape index (κ2) is 8.01. The predicted molar refractivity (Wildman–Crippen MR) is 110 cm³/mol. The molecule has 0 heterocycles. The summed E-state index contributed by atoms with van der Waals surface area (Å²) in [5, 5.41) is 1.15. The summed E-state index contributed by atoms with van der Waals surface area (Å²) in [5.74, 6) is 0. The molecule has 2 rings (SSSR count). The number of hydrogen-bond donors (Lipinski definition) is 0. The molecule has 0 fully saturated rings. The molecule has 24 heavy (non-hydrogen) atoms. The van der Waals surface area contributed by atoms with Crippen molar-refractivity contribution in [1.82, 2.24) is 0 Å². The Kier molecular flexibility index (Phi) is 7.07. The van der Waals surface area contributed by atoms with Crippen molar-refractivity contribution in [3.05, 3.63) is 63.7 Å². The monoisotopic (exact) mass is 334 g/mol. The van der Waals surface area contributed by atoms with Crippen LogP contribution in [-0.2, 0) is 5.41 Å².